The van der Waals surface area contributed by atoms with Gasteiger partial charge in [-0.2, -0.15) is 4.39 Å². The summed E-state index contributed by atoms with van der Waals surface area (Å²) in [5, 5.41) is 2.71. The van der Waals surface area contributed by atoms with Gasteiger partial charge in [0.25, 0.3) is 0 Å². The smallest absolute Gasteiger partial charge is 0.229 e. The van der Waals surface area contributed by atoms with Crippen molar-refractivity contribution in [1.29, 1.82) is 0 Å². The molecule has 0 aromatic carbocycles. The van der Waals surface area contributed by atoms with E-state index in [4.69, 9.17) is 0 Å². The van der Waals surface area contributed by atoms with E-state index in [1.807, 2.05) is 0 Å². The second kappa shape index (κ2) is 4.09. The van der Waals surface area contributed by atoms with Crippen molar-refractivity contribution in [2.24, 2.45) is 17.8 Å². The van der Waals surface area contributed by atoms with Gasteiger partial charge in [-0.05, 0) is 36.8 Å². The Morgan fingerprint density at radius 1 is 1.29 bits per heavy atom. The zero-order valence-electron chi connectivity index (χ0n) is 9.53. The highest BCUT2D eigenvalue weighted by molar-refractivity contribution is 5.94. The molecule has 17 heavy (non-hydrogen) atoms. The normalized spacial score (nSPS) is 30.5. The number of carbonyl (C=O) groups is 1. The van der Waals surface area contributed by atoms with Gasteiger partial charge in [0.15, 0.2) is 0 Å². The zero-order valence-corrected chi connectivity index (χ0v) is 9.53. The number of pyridine rings is 1. The highest BCUT2D eigenvalue weighted by Gasteiger charge is 2.54. The van der Waals surface area contributed by atoms with Gasteiger partial charge in [0, 0.05) is 5.92 Å². The van der Waals surface area contributed by atoms with E-state index in [0.717, 1.165) is 0 Å². The molecule has 2 fully saturated rings. The number of rotatable bonds is 2. The van der Waals surface area contributed by atoms with E-state index in [-0.39, 0.29) is 11.8 Å². The van der Waals surface area contributed by atoms with Crippen LogP contribution in [0.5, 0.6) is 0 Å². The average molecular weight is 234 g/mol. The van der Waals surface area contributed by atoms with Gasteiger partial charge in [-0.3, -0.25) is 4.79 Å². The number of nitrogens with one attached hydrogen (secondary N) is 1. The van der Waals surface area contributed by atoms with Crippen molar-refractivity contribution in [3.63, 3.8) is 0 Å². The monoisotopic (exact) mass is 234 g/mol. The quantitative estimate of drug-likeness (QED) is 0.799. The largest absolute Gasteiger partial charge is 0.310 e. The number of carbonyl (C=O) groups excluding carboxylic acids is 1. The molecule has 0 aliphatic heterocycles. The third-order valence-electron chi connectivity index (χ3n) is 3.93. The number of nitrogens with zero attached hydrogens (tertiary/aromatic N) is 1. The number of hydrogen-bond acceptors (Lipinski definition) is 2. The first-order valence-corrected chi connectivity index (χ1v) is 6.19. The van der Waals surface area contributed by atoms with Gasteiger partial charge in [-0.1, -0.05) is 18.9 Å². The van der Waals surface area contributed by atoms with Gasteiger partial charge in [0.05, 0.1) is 0 Å². The predicted octanol–water partition coefficient (Wildman–Crippen LogP) is 2.60. The van der Waals surface area contributed by atoms with Crippen molar-refractivity contribution in [2.45, 2.75) is 25.7 Å². The predicted molar refractivity (Wildman–Crippen MR) is 61.8 cm³/mol. The summed E-state index contributed by atoms with van der Waals surface area (Å²) in [6.07, 6.45) is 4.81. The minimum absolute atomic E-state index is 0.0139. The summed E-state index contributed by atoms with van der Waals surface area (Å²) in [6, 6.07) is 4.44. The number of anilines is 1. The molecule has 3 rings (SSSR count). The molecule has 0 spiro atoms. The second-order valence-corrected chi connectivity index (χ2v) is 4.97. The molecule has 2 unspecified atom stereocenters. The molecule has 2 aliphatic carbocycles. The number of halogens is 1. The summed E-state index contributed by atoms with van der Waals surface area (Å²) in [6.45, 7) is 0. The van der Waals surface area contributed by atoms with Gasteiger partial charge in [-0.25, -0.2) is 4.98 Å². The number of fused-ring (bicyclic) bond motifs is 1. The molecule has 1 heterocycles. The molecule has 1 amide bonds. The van der Waals surface area contributed by atoms with E-state index in [0.29, 0.717) is 17.7 Å². The summed E-state index contributed by atoms with van der Waals surface area (Å²) < 4.78 is 12.9. The van der Waals surface area contributed by atoms with Crippen LogP contribution in [0.3, 0.4) is 0 Å². The van der Waals surface area contributed by atoms with E-state index < -0.39 is 5.95 Å². The lowest BCUT2D eigenvalue weighted by atomic mass is 10.0. The Hall–Kier alpha value is -1.45. The summed E-state index contributed by atoms with van der Waals surface area (Å²) in [5.41, 5.74) is 0. The molecule has 0 saturated heterocycles. The topological polar surface area (TPSA) is 42.0 Å². The van der Waals surface area contributed by atoms with Gasteiger partial charge in [0.1, 0.15) is 5.82 Å². The van der Waals surface area contributed by atoms with Crippen LogP contribution in [0.15, 0.2) is 18.2 Å². The van der Waals surface area contributed by atoms with E-state index in [9.17, 15) is 9.18 Å². The molecule has 1 aromatic heterocycles. The molecule has 3 nitrogen and oxygen atoms in total. The highest BCUT2D eigenvalue weighted by Crippen LogP contribution is 2.55. The molecule has 1 aromatic rings. The molecule has 0 bridgehead atoms. The fourth-order valence-electron chi connectivity index (χ4n) is 3.07. The fraction of sp³-hybridized carbons (Fsp3) is 0.538. The van der Waals surface area contributed by atoms with E-state index in [1.165, 1.54) is 31.7 Å². The van der Waals surface area contributed by atoms with E-state index in [2.05, 4.69) is 10.3 Å². The highest BCUT2D eigenvalue weighted by atomic mass is 19.1. The number of aromatic nitrogens is 1. The minimum atomic E-state index is -0.559. The van der Waals surface area contributed by atoms with Crippen LogP contribution in [0.1, 0.15) is 25.7 Å². The van der Waals surface area contributed by atoms with Crippen LogP contribution in [0.25, 0.3) is 0 Å². The molecule has 2 saturated carbocycles. The first-order chi connectivity index (χ1) is 8.25. The molecule has 1 N–H and O–H groups in total. The average Bonchev–Trinajstić information content (AvgIpc) is 3.03. The van der Waals surface area contributed by atoms with Crippen molar-refractivity contribution in [3.05, 3.63) is 24.1 Å². The van der Waals surface area contributed by atoms with Crippen molar-refractivity contribution in [3.8, 4) is 0 Å². The summed E-state index contributed by atoms with van der Waals surface area (Å²) in [5.74, 6) is 1.05. The lowest BCUT2D eigenvalue weighted by molar-refractivity contribution is -0.117. The molecule has 4 heteroatoms. The van der Waals surface area contributed by atoms with Crippen LogP contribution in [-0.2, 0) is 4.79 Å². The third-order valence-corrected chi connectivity index (χ3v) is 3.93. The summed E-state index contributed by atoms with van der Waals surface area (Å²) >= 11 is 0. The first-order valence-electron chi connectivity index (χ1n) is 6.19. The molecule has 90 valence electrons. The lowest BCUT2D eigenvalue weighted by Gasteiger charge is -2.04. The molecular weight excluding hydrogens is 219 g/mol. The molecule has 2 aliphatic rings. The van der Waals surface area contributed by atoms with Crippen LogP contribution in [0, 0.1) is 23.7 Å². The Kier molecular flexibility index (Phi) is 2.57. The fourth-order valence-corrected chi connectivity index (χ4v) is 3.07. The van der Waals surface area contributed by atoms with Gasteiger partial charge in [0.2, 0.25) is 11.9 Å². The first kappa shape index (κ1) is 10.7. The van der Waals surface area contributed by atoms with Gasteiger partial charge >= 0.3 is 0 Å². The summed E-state index contributed by atoms with van der Waals surface area (Å²) in [4.78, 5) is 15.6. The maximum Gasteiger partial charge on any atom is 0.229 e. The van der Waals surface area contributed by atoms with Crippen LogP contribution >= 0.6 is 0 Å². The lowest BCUT2D eigenvalue weighted by Crippen LogP contribution is -2.16. The van der Waals surface area contributed by atoms with Crippen molar-refractivity contribution < 1.29 is 9.18 Å². The van der Waals surface area contributed by atoms with Gasteiger partial charge < -0.3 is 5.32 Å². The van der Waals surface area contributed by atoms with Gasteiger partial charge in [-0.15, -0.1) is 0 Å². The Morgan fingerprint density at radius 3 is 2.65 bits per heavy atom. The standard InChI is InChI=1S/C13H15FN2O/c14-10-6-3-7-11(15-10)16-13(17)12-8-4-1-2-5-9(8)12/h3,6-9,12H,1-2,4-5H2,(H,15,16,17). The number of amides is 1. The van der Waals surface area contributed by atoms with Crippen molar-refractivity contribution in [2.75, 3.05) is 5.32 Å². The van der Waals surface area contributed by atoms with E-state index in [1.54, 1.807) is 12.1 Å². The molecular formula is C13H15FN2O. The van der Waals surface area contributed by atoms with Crippen LogP contribution < -0.4 is 5.32 Å². The Labute approximate surface area is 99.4 Å². The third kappa shape index (κ3) is 2.04. The Morgan fingerprint density at radius 2 is 2.00 bits per heavy atom. The van der Waals surface area contributed by atoms with E-state index >= 15 is 0 Å². The number of hydrogen-bond donors (Lipinski definition) is 1. The molecule has 2 atom stereocenters. The maximum absolute atomic E-state index is 12.9. The van der Waals surface area contributed by atoms with Crippen molar-refractivity contribution in [1.82, 2.24) is 4.98 Å². The Bertz CT molecular complexity index is 437. The van der Waals surface area contributed by atoms with Crippen LogP contribution in [0.4, 0.5) is 10.2 Å². The minimum Gasteiger partial charge on any atom is -0.310 e. The van der Waals surface area contributed by atoms with Crippen molar-refractivity contribution >= 4 is 11.7 Å². The SMILES string of the molecule is O=C(Nc1cccc(F)n1)C1C2CCCCC21. The maximum atomic E-state index is 12.9. The summed E-state index contributed by atoms with van der Waals surface area (Å²) in [7, 11) is 0. The second-order valence-electron chi connectivity index (χ2n) is 4.97. The van der Waals surface area contributed by atoms with Crippen LogP contribution in [0.2, 0.25) is 0 Å². The molecule has 0 radical (unpaired) electrons. The van der Waals surface area contributed by atoms with Crippen LogP contribution in [-0.4, -0.2) is 10.9 Å². The Balaban J connectivity index is 1.64. The zero-order chi connectivity index (χ0) is 11.8.